The van der Waals surface area contributed by atoms with Gasteiger partial charge in [0.05, 0.1) is 7.11 Å². The van der Waals surface area contributed by atoms with Crippen molar-refractivity contribution < 1.29 is 28.6 Å². The van der Waals surface area contributed by atoms with Gasteiger partial charge in [-0.05, 0) is 54.0 Å². The van der Waals surface area contributed by atoms with Crippen LogP contribution in [0, 0.1) is 5.92 Å². The molecule has 1 saturated carbocycles. The zero-order valence-electron chi connectivity index (χ0n) is 21.8. The van der Waals surface area contributed by atoms with E-state index < -0.39 is 18.2 Å². The van der Waals surface area contributed by atoms with Gasteiger partial charge in [0.15, 0.2) is 0 Å². The van der Waals surface area contributed by atoms with Crippen molar-refractivity contribution in [1.82, 2.24) is 10.2 Å². The SMILES string of the molecule is COC(=O)CN(C)C(=O)Oc1ccc2c(c1)[C@@]1(C)CCCCC[C@@H](C2)[C@@H]1NC(=O)OCc1ccccc1. The molecular formula is C29H36N2O6. The van der Waals surface area contributed by atoms with E-state index in [4.69, 9.17) is 9.47 Å². The summed E-state index contributed by atoms with van der Waals surface area (Å²) in [6.07, 6.45) is 5.06. The molecule has 3 atom stereocenters. The summed E-state index contributed by atoms with van der Waals surface area (Å²) in [5.41, 5.74) is 2.90. The first kappa shape index (κ1) is 26.5. The quantitative estimate of drug-likeness (QED) is 0.553. The predicted octanol–water partition coefficient (Wildman–Crippen LogP) is 4.98. The lowest BCUT2D eigenvalue weighted by Crippen LogP contribution is -2.57. The van der Waals surface area contributed by atoms with Crippen LogP contribution in [-0.4, -0.2) is 49.8 Å². The molecule has 8 nitrogen and oxygen atoms in total. The maximum absolute atomic E-state index is 12.9. The molecule has 0 heterocycles. The van der Waals surface area contributed by atoms with Gasteiger partial charge in [0.2, 0.25) is 0 Å². The van der Waals surface area contributed by atoms with Gasteiger partial charge < -0.3 is 19.5 Å². The summed E-state index contributed by atoms with van der Waals surface area (Å²) < 4.78 is 15.8. The second-order valence-electron chi connectivity index (χ2n) is 10.3. The van der Waals surface area contributed by atoms with Crippen molar-refractivity contribution in [3.63, 3.8) is 0 Å². The Balaban J connectivity index is 1.54. The average molecular weight is 509 g/mol. The lowest BCUT2D eigenvalue weighted by molar-refractivity contribution is -0.141. The van der Waals surface area contributed by atoms with Crippen molar-refractivity contribution in [2.75, 3.05) is 20.7 Å². The fourth-order valence-corrected chi connectivity index (χ4v) is 5.72. The fourth-order valence-electron chi connectivity index (χ4n) is 5.72. The Kier molecular flexibility index (Phi) is 8.36. The molecule has 2 aliphatic carbocycles. The van der Waals surface area contributed by atoms with Crippen molar-refractivity contribution in [2.24, 2.45) is 5.92 Å². The number of nitrogens with one attached hydrogen (secondary N) is 1. The first-order valence-electron chi connectivity index (χ1n) is 12.9. The largest absolute Gasteiger partial charge is 0.468 e. The molecular weight excluding hydrogens is 472 g/mol. The van der Waals surface area contributed by atoms with Crippen molar-refractivity contribution in [1.29, 1.82) is 0 Å². The molecule has 0 saturated heterocycles. The molecule has 0 aliphatic heterocycles. The normalized spacial score (nSPS) is 22.5. The summed E-state index contributed by atoms with van der Waals surface area (Å²) >= 11 is 0. The number of fused-ring (bicyclic) bond motifs is 4. The van der Waals surface area contributed by atoms with Crippen LogP contribution in [0.5, 0.6) is 5.75 Å². The van der Waals surface area contributed by atoms with Gasteiger partial charge in [-0.3, -0.25) is 9.69 Å². The van der Waals surface area contributed by atoms with E-state index in [-0.39, 0.29) is 24.6 Å². The number of hydrogen-bond donors (Lipinski definition) is 1. The van der Waals surface area contributed by atoms with Gasteiger partial charge >= 0.3 is 18.2 Å². The van der Waals surface area contributed by atoms with E-state index in [1.165, 1.54) is 24.6 Å². The van der Waals surface area contributed by atoms with Gasteiger partial charge in [0, 0.05) is 18.5 Å². The molecule has 198 valence electrons. The van der Waals surface area contributed by atoms with Gasteiger partial charge in [0.25, 0.3) is 0 Å². The molecule has 2 aromatic rings. The van der Waals surface area contributed by atoms with Gasteiger partial charge in [-0.15, -0.1) is 0 Å². The molecule has 0 unspecified atom stereocenters. The minimum atomic E-state index is -0.638. The number of carbonyl (C=O) groups excluding carboxylic acids is 3. The number of carbonyl (C=O) groups is 3. The number of esters is 1. The van der Waals surface area contributed by atoms with Crippen LogP contribution in [0.4, 0.5) is 9.59 Å². The van der Waals surface area contributed by atoms with Gasteiger partial charge in [-0.1, -0.05) is 62.6 Å². The van der Waals surface area contributed by atoms with Gasteiger partial charge in [-0.2, -0.15) is 0 Å². The van der Waals surface area contributed by atoms with Crippen LogP contribution in [0.2, 0.25) is 0 Å². The lowest BCUT2D eigenvalue weighted by atomic mass is 9.59. The highest BCUT2D eigenvalue weighted by molar-refractivity contribution is 5.78. The Morgan fingerprint density at radius 2 is 1.86 bits per heavy atom. The number of hydrogen-bond acceptors (Lipinski definition) is 6. The number of rotatable bonds is 6. The van der Waals surface area contributed by atoms with Gasteiger partial charge in [-0.25, -0.2) is 9.59 Å². The number of likely N-dealkylation sites (N-methyl/N-ethyl adjacent to an activating group) is 1. The topological polar surface area (TPSA) is 94.2 Å². The third-order valence-corrected chi connectivity index (χ3v) is 7.70. The van der Waals surface area contributed by atoms with E-state index in [2.05, 4.69) is 17.0 Å². The zero-order chi connectivity index (χ0) is 26.4. The second-order valence-corrected chi connectivity index (χ2v) is 10.3. The Labute approximate surface area is 218 Å². The highest BCUT2D eigenvalue weighted by atomic mass is 16.6. The molecule has 2 amide bonds. The first-order valence-corrected chi connectivity index (χ1v) is 12.9. The van der Waals surface area contributed by atoms with Gasteiger partial charge in [0.1, 0.15) is 18.9 Å². The third-order valence-electron chi connectivity index (χ3n) is 7.70. The zero-order valence-corrected chi connectivity index (χ0v) is 21.8. The molecule has 2 aliphatic rings. The van der Waals surface area contributed by atoms with Crippen LogP contribution in [-0.2, 0) is 32.7 Å². The molecule has 2 bridgehead atoms. The maximum atomic E-state index is 12.9. The van der Waals surface area contributed by atoms with E-state index in [1.807, 2.05) is 42.5 Å². The van der Waals surface area contributed by atoms with Crippen LogP contribution in [0.1, 0.15) is 55.7 Å². The molecule has 0 spiro atoms. The number of methoxy groups -OCH3 is 1. The van der Waals surface area contributed by atoms with Crippen molar-refractivity contribution >= 4 is 18.2 Å². The highest BCUT2D eigenvalue weighted by Crippen LogP contribution is 2.47. The molecule has 37 heavy (non-hydrogen) atoms. The van der Waals surface area contributed by atoms with Crippen molar-refractivity contribution in [3.05, 3.63) is 65.2 Å². The average Bonchev–Trinajstić information content (AvgIpc) is 2.89. The summed E-state index contributed by atoms with van der Waals surface area (Å²) in [5.74, 6) is 0.181. The number of ether oxygens (including phenoxy) is 3. The van der Waals surface area contributed by atoms with E-state index in [0.29, 0.717) is 11.7 Å². The predicted molar refractivity (Wildman–Crippen MR) is 138 cm³/mol. The molecule has 8 heteroatoms. The summed E-state index contributed by atoms with van der Waals surface area (Å²) in [6.45, 7) is 2.22. The van der Waals surface area contributed by atoms with Crippen LogP contribution in [0.3, 0.4) is 0 Å². The van der Waals surface area contributed by atoms with Crippen molar-refractivity contribution in [2.45, 2.75) is 63.5 Å². The Morgan fingerprint density at radius 1 is 1.08 bits per heavy atom. The second kappa shape index (κ2) is 11.7. The number of nitrogens with zero attached hydrogens (tertiary/aromatic N) is 1. The third kappa shape index (κ3) is 6.24. The summed E-state index contributed by atoms with van der Waals surface area (Å²) in [5, 5.41) is 3.22. The first-order chi connectivity index (χ1) is 17.8. The Bertz CT molecular complexity index is 1120. The molecule has 0 radical (unpaired) electrons. The van der Waals surface area contributed by atoms with E-state index in [1.54, 1.807) is 6.07 Å². The van der Waals surface area contributed by atoms with E-state index in [0.717, 1.165) is 49.7 Å². The van der Waals surface area contributed by atoms with Crippen LogP contribution in [0.25, 0.3) is 0 Å². The highest BCUT2D eigenvalue weighted by Gasteiger charge is 2.47. The van der Waals surface area contributed by atoms with Crippen LogP contribution >= 0.6 is 0 Å². The molecule has 1 fully saturated rings. The minimum Gasteiger partial charge on any atom is -0.468 e. The number of benzene rings is 2. The molecule has 2 aromatic carbocycles. The summed E-state index contributed by atoms with van der Waals surface area (Å²) in [7, 11) is 2.76. The molecule has 4 rings (SSSR count). The maximum Gasteiger partial charge on any atom is 0.415 e. The monoisotopic (exact) mass is 508 g/mol. The molecule has 1 N–H and O–H groups in total. The van der Waals surface area contributed by atoms with Crippen molar-refractivity contribution in [3.8, 4) is 5.75 Å². The standard InChI is InChI=1S/C29H36N2O6/c1-29-15-9-5-8-12-22(26(29)30-27(33)36-19-20-10-6-4-7-11-20)16-21-13-14-23(17-24(21)29)37-28(34)31(2)18-25(32)35-3/h4,6-7,10-11,13-14,17,22,26H,5,8-9,12,15-16,18-19H2,1-3H3,(H,30,33)/t22-,26-,29+/m0/s1. The lowest BCUT2D eigenvalue weighted by Gasteiger charge is -2.49. The summed E-state index contributed by atoms with van der Waals surface area (Å²) in [6, 6.07) is 15.3. The Hall–Kier alpha value is -3.55. The summed E-state index contributed by atoms with van der Waals surface area (Å²) in [4.78, 5) is 38.2. The number of amides is 2. The van der Waals surface area contributed by atoms with Crippen LogP contribution < -0.4 is 10.1 Å². The number of alkyl carbamates (subject to hydrolysis) is 1. The van der Waals surface area contributed by atoms with E-state index >= 15 is 0 Å². The van der Waals surface area contributed by atoms with Crippen LogP contribution in [0.15, 0.2) is 48.5 Å². The van der Waals surface area contributed by atoms with E-state index in [9.17, 15) is 14.4 Å². The Morgan fingerprint density at radius 3 is 2.62 bits per heavy atom. The fraction of sp³-hybridized carbons (Fsp3) is 0.483. The molecule has 0 aromatic heterocycles. The smallest absolute Gasteiger partial charge is 0.415 e. The minimum absolute atomic E-state index is 0.100.